The zero-order valence-electron chi connectivity index (χ0n) is 19.9. The summed E-state index contributed by atoms with van der Waals surface area (Å²) in [7, 11) is -2.48. The number of nitrogens with zero attached hydrogens (tertiary/aromatic N) is 2. The highest BCUT2D eigenvalue weighted by molar-refractivity contribution is 9.10. The second kappa shape index (κ2) is 12.2. The molecule has 1 N–H and O–H groups in total. The Morgan fingerprint density at radius 1 is 1.08 bits per heavy atom. The third kappa shape index (κ3) is 6.86. The highest BCUT2D eigenvalue weighted by atomic mass is 79.9. The Hall–Kier alpha value is -3.09. The molecule has 0 bridgehead atoms. The van der Waals surface area contributed by atoms with Crippen molar-refractivity contribution in [3.05, 3.63) is 98.8 Å². The number of thiazole rings is 1. The van der Waals surface area contributed by atoms with Gasteiger partial charge in [-0.3, -0.25) is 10.1 Å². The number of hydrogen-bond donors (Lipinski definition) is 1. The number of nitrogens with one attached hydrogen (secondary N) is 1. The Morgan fingerprint density at radius 2 is 1.84 bits per heavy atom. The van der Waals surface area contributed by atoms with Crippen molar-refractivity contribution in [1.82, 2.24) is 9.29 Å². The maximum absolute atomic E-state index is 13.1. The van der Waals surface area contributed by atoms with Crippen LogP contribution in [0, 0.1) is 0 Å². The Morgan fingerprint density at radius 3 is 2.58 bits per heavy atom. The van der Waals surface area contributed by atoms with Gasteiger partial charge in [-0.15, -0.1) is 11.3 Å². The first-order chi connectivity index (χ1) is 18.1. The summed E-state index contributed by atoms with van der Waals surface area (Å²) in [6, 6.07) is 20.4. The molecule has 0 radical (unpaired) electrons. The third-order valence-corrected chi connectivity index (χ3v) is 8.70. The molecule has 38 heavy (non-hydrogen) atoms. The van der Waals surface area contributed by atoms with Crippen LogP contribution in [-0.2, 0) is 26.1 Å². The number of aromatic nitrogens is 1. The fourth-order valence-electron chi connectivity index (χ4n) is 3.40. The summed E-state index contributed by atoms with van der Waals surface area (Å²) in [5, 5.41) is 4.72. The molecule has 0 aliphatic carbocycles. The van der Waals surface area contributed by atoms with Crippen LogP contribution in [0.15, 0.2) is 87.5 Å². The maximum Gasteiger partial charge on any atom is 0.340 e. The summed E-state index contributed by atoms with van der Waals surface area (Å²) in [6.45, 7) is -0.461. The number of carbonyl (C=O) groups excluding carboxylic acids is 2. The molecule has 0 atom stereocenters. The average molecular weight is 635 g/mol. The van der Waals surface area contributed by atoms with E-state index in [0.717, 1.165) is 21.7 Å². The lowest BCUT2D eigenvalue weighted by atomic mass is 10.2. The van der Waals surface area contributed by atoms with Gasteiger partial charge >= 0.3 is 5.97 Å². The highest BCUT2D eigenvalue weighted by Crippen LogP contribution is 2.27. The summed E-state index contributed by atoms with van der Waals surface area (Å²) in [4.78, 5) is 29.3. The van der Waals surface area contributed by atoms with Gasteiger partial charge in [-0.25, -0.2) is 18.2 Å². The first kappa shape index (κ1) is 27.9. The number of hydrogen-bond acceptors (Lipinski definition) is 7. The molecule has 1 amide bonds. The van der Waals surface area contributed by atoms with Crippen LogP contribution in [-0.4, -0.2) is 43.2 Å². The van der Waals surface area contributed by atoms with Gasteiger partial charge in [0, 0.05) is 29.0 Å². The number of halogens is 2. The number of amides is 1. The molecule has 0 saturated heterocycles. The molecule has 4 rings (SSSR count). The zero-order valence-corrected chi connectivity index (χ0v) is 23.9. The molecule has 0 spiro atoms. The lowest BCUT2D eigenvalue weighted by molar-refractivity contribution is -0.119. The van der Waals surface area contributed by atoms with E-state index in [4.69, 9.17) is 16.3 Å². The number of sulfonamides is 1. The van der Waals surface area contributed by atoms with Gasteiger partial charge in [-0.1, -0.05) is 70.0 Å². The largest absolute Gasteiger partial charge is 0.452 e. The number of ether oxygens (including phenoxy) is 1. The lowest BCUT2D eigenvalue weighted by Crippen LogP contribution is -2.27. The van der Waals surface area contributed by atoms with Gasteiger partial charge in [-0.2, -0.15) is 4.31 Å². The fourth-order valence-corrected chi connectivity index (χ4v) is 5.92. The normalized spacial score (nSPS) is 11.4. The SMILES string of the molecule is CN(Cc1ccccc1)S(=O)(=O)c1ccc(Cl)c(C(=O)OCC(=O)Nc2nc(-c3cccc(Br)c3)cs2)c1. The van der Waals surface area contributed by atoms with E-state index < -0.39 is 28.5 Å². The van der Waals surface area contributed by atoms with Crippen LogP contribution in [0.1, 0.15) is 15.9 Å². The first-order valence-electron chi connectivity index (χ1n) is 11.1. The summed E-state index contributed by atoms with van der Waals surface area (Å²) >= 11 is 10.8. The second-order valence-electron chi connectivity index (χ2n) is 8.06. The van der Waals surface area contributed by atoms with E-state index >= 15 is 0 Å². The van der Waals surface area contributed by atoms with Crippen molar-refractivity contribution in [3.63, 3.8) is 0 Å². The minimum Gasteiger partial charge on any atom is -0.452 e. The Kier molecular flexibility index (Phi) is 8.95. The second-order valence-corrected chi connectivity index (χ2v) is 12.3. The quantitative estimate of drug-likeness (QED) is 0.232. The lowest BCUT2D eigenvalue weighted by Gasteiger charge is -2.18. The maximum atomic E-state index is 13.1. The van der Waals surface area contributed by atoms with Crippen molar-refractivity contribution in [2.75, 3.05) is 19.0 Å². The number of rotatable bonds is 9. The van der Waals surface area contributed by atoms with E-state index in [2.05, 4.69) is 26.2 Å². The Labute approximate surface area is 237 Å². The average Bonchev–Trinajstić information content (AvgIpc) is 3.36. The van der Waals surface area contributed by atoms with E-state index in [9.17, 15) is 18.0 Å². The first-order valence-corrected chi connectivity index (χ1v) is 14.6. The van der Waals surface area contributed by atoms with Crippen molar-refractivity contribution in [2.24, 2.45) is 0 Å². The van der Waals surface area contributed by atoms with Gasteiger partial charge in [-0.05, 0) is 35.9 Å². The van der Waals surface area contributed by atoms with Crippen molar-refractivity contribution in [3.8, 4) is 11.3 Å². The van der Waals surface area contributed by atoms with Crippen molar-refractivity contribution < 1.29 is 22.7 Å². The summed E-state index contributed by atoms with van der Waals surface area (Å²) in [6.07, 6.45) is 0. The number of carbonyl (C=O) groups is 2. The highest BCUT2D eigenvalue weighted by Gasteiger charge is 2.24. The molecule has 12 heteroatoms. The monoisotopic (exact) mass is 633 g/mol. The molecule has 3 aromatic carbocycles. The van der Waals surface area contributed by atoms with E-state index in [1.807, 2.05) is 54.6 Å². The summed E-state index contributed by atoms with van der Waals surface area (Å²) in [5.74, 6) is -1.53. The minimum absolute atomic E-state index is 0.00124. The van der Waals surface area contributed by atoms with Gasteiger partial charge in [0.15, 0.2) is 11.7 Å². The molecular weight excluding hydrogens is 614 g/mol. The van der Waals surface area contributed by atoms with E-state index in [-0.39, 0.29) is 22.0 Å². The molecule has 0 fully saturated rings. The van der Waals surface area contributed by atoms with Gasteiger partial charge < -0.3 is 4.74 Å². The predicted molar refractivity (Wildman–Crippen MR) is 151 cm³/mol. The molecule has 4 aromatic rings. The van der Waals surface area contributed by atoms with E-state index in [1.54, 1.807) is 5.38 Å². The molecule has 0 unspecified atom stereocenters. The predicted octanol–water partition coefficient (Wildman–Crippen LogP) is 5.84. The number of anilines is 1. The topological polar surface area (TPSA) is 106 Å². The minimum atomic E-state index is -3.93. The molecule has 0 aliphatic rings. The number of benzene rings is 3. The van der Waals surface area contributed by atoms with Crippen LogP contribution in [0.5, 0.6) is 0 Å². The smallest absolute Gasteiger partial charge is 0.340 e. The van der Waals surface area contributed by atoms with Crippen LogP contribution in [0.2, 0.25) is 5.02 Å². The van der Waals surface area contributed by atoms with Gasteiger partial charge in [0.1, 0.15) is 0 Å². The van der Waals surface area contributed by atoms with Crippen molar-refractivity contribution in [1.29, 1.82) is 0 Å². The van der Waals surface area contributed by atoms with Gasteiger partial charge in [0.25, 0.3) is 5.91 Å². The molecule has 0 saturated carbocycles. The molecule has 0 aliphatic heterocycles. The van der Waals surface area contributed by atoms with E-state index in [1.165, 1.54) is 34.8 Å². The van der Waals surface area contributed by atoms with Crippen LogP contribution in [0.25, 0.3) is 11.3 Å². The fraction of sp³-hybridized carbons (Fsp3) is 0.115. The molecule has 196 valence electrons. The van der Waals surface area contributed by atoms with Crippen LogP contribution < -0.4 is 5.32 Å². The van der Waals surface area contributed by atoms with E-state index in [0.29, 0.717) is 10.8 Å². The van der Waals surface area contributed by atoms with Crippen LogP contribution >= 0.6 is 38.9 Å². The zero-order chi connectivity index (χ0) is 27.3. The molecule has 1 aromatic heterocycles. The van der Waals surface area contributed by atoms with Gasteiger partial charge in [0.2, 0.25) is 10.0 Å². The standard InChI is InChI=1S/C26H21BrClN3O5S2/c1-31(14-17-6-3-2-4-7-17)38(34,35)20-10-11-22(28)21(13-20)25(33)36-15-24(32)30-26-29-23(16-37-26)18-8-5-9-19(27)12-18/h2-13,16H,14-15H2,1H3,(H,29,30,32). The van der Waals surface area contributed by atoms with Crippen LogP contribution in [0.3, 0.4) is 0 Å². The molecule has 1 heterocycles. The van der Waals surface area contributed by atoms with Crippen molar-refractivity contribution in [2.45, 2.75) is 11.4 Å². The summed E-state index contributed by atoms with van der Waals surface area (Å²) in [5.41, 5.74) is 2.20. The van der Waals surface area contributed by atoms with Crippen LogP contribution in [0.4, 0.5) is 5.13 Å². The Bertz CT molecular complexity index is 1580. The number of esters is 1. The Balaban J connectivity index is 1.39. The van der Waals surface area contributed by atoms with Crippen molar-refractivity contribution >= 4 is 65.9 Å². The summed E-state index contributed by atoms with van der Waals surface area (Å²) < 4.78 is 33.3. The van der Waals surface area contributed by atoms with Gasteiger partial charge in [0.05, 0.1) is 21.2 Å². The third-order valence-electron chi connectivity index (χ3n) is 5.32. The molecular formula is C26H21BrClN3O5S2. The molecule has 8 nitrogen and oxygen atoms in total.